The summed E-state index contributed by atoms with van der Waals surface area (Å²) in [6, 6.07) is 7.89. The maximum atomic E-state index is 5.92. The molecule has 0 amide bonds. The van der Waals surface area contributed by atoms with Gasteiger partial charge in [0.05, 0.1) is 10.8 Å². The molecule has 1 aromatic carbocycles. The van der Waals surface area contributed by atoms with Crippen LogP contribution < -0.4 is 4.74 Å². The molecule has 0 fully saturated rings. The minimum Gasteiger partial charge on any atom is -0.431 e. The average Bonchev–Trinajstić information content (AvgIpc) is 2.70. The smallest absolute Gasteiger partial charge is 0.280 e. The Morgan fingerprint density at radius 2 is 2.12 bits per heavy atom. The second kappa shape index (κ2) is 5.71. The van der Waals surface area contributed by atoms with E-state index in [1.807, 2.05) is 24.3 Å². The molecule has 0 N–H and O–H groups in total. The van der Waals surface area contributed by atoms with Crippen molar-refractivity contribution in [3.63, 3.8) is 0 Å². The molecule has 0 atom stereocenters. The normalized spacial score (nSPS) is 10.5. The van der Waals surface area contributed by atoms with Crippen molar-refractivity contribution in [3.05, 3.63) is 39.9 Å². The van der Waals surface area contributed by atoms with Crippen LogP contribution in [0.2, 0.25) is 5.15 Å². The molecule has 0 aliphatic heterocycles. The van der Waals surface area contributed by atoms with Crippen molar-refractivity contribution in [2.75, 3.05) is 0 Å². The second-order valence-electron chi connectivity index (χ2n) is 3.39. The van der Waals surface area contributed by atoms with Crippen LogP contribution in [0.3, 0.4) is 0 Å². The number of rotatable bonds is 4. The van der Waals surface area contributed by atoms with Gasteiger partial charge in [-0.1, -0.05) is 48.1 Å². The SMILES string of the molecule is CCc1ccccc1Oc1nc(Cl)c(CCl)s1. The zero-order valence-corrected chi connectivity index (χ0v) is 11.6. The Kier molecular flexibility index (Phi) is 4.26. The molecule has 0 radical (unpaired) electrons. The fourth-order valence-corrected chi connectivity index (χ4v) is 2.76. The summed E-state index contributed by atoms with van der Waals surface area (Å²) in [5, 5.41) is 0.959. The van der Waals surface area contributed by atoms with Crippen LogP contribution in [0.1, 0.15) is 17.4 Å². The number of hydrogen-bond acceptors (Lipinski definition) is 3. The highest BCUT2D eigenvalue weighted by Gasteiger charge is 2.11. The number of hydrogen-bond donors (Lipinski definition) is 0. The molecule has 0 unspecified atom stereocenters. The number of benzene rings is 1. The molecule has 0 bridgehead atoms. The first-order valence-corrected chi connectivity index (χ1v) is 6.94. The fraction of sp³-hybridized carbons (Fsp3) is 0.250. The van der Waals surface area contributed by atoms with Crippen molar-refractivity contribution < 1.29 is 4.74 Å². The summed E-state index contributed by atoms with van der Waals surface area (Å²) in [5.41, 5.74) is 1.14. The van der Waals surface area contributed by atoms with E-state index in [1.165, 1.54) is 11.3 Å². The fourth-order valence-electron chi connectivity index (χ4n) is 1.43. The van der Waals surface area contributed by atoms with Crippen LogP contribution in [-0.4, -0.2) is 4.98 Å². The van der Waals surface area contributed by atoms with Gasteiger partial charge in [0.1, 0.15) is 10.9 Å². The summed E-state index contributed by atoms with van der Waals surface area (Å²) in [6.07, 6.45) is 0.914. The van der Waals surface area contributed by atoms with Crippen LogP contribution in [0.5, 0.6) is 10.9 Å². The van der Waals surface area contributed by atoms with E-state index < -0.39 is 0 Å². The monoisotopic (exact) mass is 287 g/mol. The summed E-state index contributed by atoms with van der Waals surface area (Å²) in [4.78, 5) is 4.96. The number of aryl methyl sites for hydroxylation is 1. The minimum atomic E-state index is 0.356. The zero-order chi connectivity index (χ0) is 12.3. The first kappa shape index (κ1) is 12.7. The van der Waals surface area contributed by atoms with E-state index in [0.29, 0.717) is 16.2 Å². The van der Waals surface area contributed by atoms with Crippen LogP contribution >= 0.6 is 34.5 Å². The molecule has 17 heavy (non-hydrogen) atoms. The molecular formula is C12H11Cl2NOS. The number of aromatic nitrogens is 1. The van der Waals surface area contributed by atoms with Crippen LogP contribution in [-0.2, 0) is 12.3 Å². The third-order valence-electron chi connectivity index (χ3n) is 2.30. The summed E-state index contributed by atoms with van der Waals surface area (Å²) in [6.45, 7) is 2.08. The molecule has 1 aromatic heterocycles. The van der Waals surface area contributed by atoms with Gasteiger partial charge in [-0.05, 0) is 18.1 Å². The summed E-state index contributed by atoms with van der Waals surface area (Å²) in [5.74, 6) is 1.18. The Morgan fingerprint density at radius 1 is 1.35 bits per heavy atom. The van der Waals surface area contributed by atoms with Gasteiger partial charge in [-0.3, -0.25) is 0 Å². The highest BCUT2D eigenvalue weighted by Crippen LogP contribution is 2.34. The van der Waals surface area contributed by atoms with Gasteiger partial charge < -0.3 is 4.74 Å². The largest absolute Gasteiger partial charge is 0.431 e. The van der Waals surface area contributed by atoms with Crippen LogP contribution in [0.25, 0.3) is 0 Å². The van der Waals surface area contributed by atoms with Gasteiger partial charge in [-0.15, -0.1) is 11.6 Å². The number of thiazole rings is 1. The third-order valence-corrected chi connectivity index (χ3v) is 4.09. The standard InChI is InChI=1S/C12H11Cl2NOS/c1-2-8-5-3-4-6-9(8)16-12-15-11(14)10(7-13)17-12/h3-6H,2,7H2,1H3. The quantitative estimate of drug-likeness (QED) is 0.747. The molecule has 90 valence electrons. The van der Waals surface area contributed by atoms with E-state index in [2.05, 4.69) is 11.9 Å². The molecule has 2 nitrogen and oxygen atoms in total. The molecule has 0 spiro atoms. The third kappa shape index (κ3) is 2.92. The van der Waals surface area contributed by atoms with Crippen molar-refractivity contribution >= 4 is 34.5 Å². The van der Waals surface area contributed by atoms with Gasteiger partial charge in [0.15, 0.2) is 0 Å². The Bertz CT molecular complexity index is 513. The molecule has 1 heterocycles. The van der Waals surface area contributed by atoms with Crippen molar-refractivity contribution in [1.82, 2.24) is 4.98 Å². The van der Waals surface area contributed by atoms with Gasteiger partial charge in [0, 0.05) is 0 Å². The number of alkyl halides is 1. The lowest BCUT2D eigenvalue weighted by Crippen LogP contribution is -1.89. The molecule has 0 saturated carbocycles. The van der Waals surface area contributed by atoms with Crippen molar-refractivity contribution in [2.45, 2.75) is 19.2 Å². The van der Waals surface area contributed by atoms with E-state index in [0.717, 1.165) is 22.6 Å². The van der Waals surface area contributed by atoms with Gasteiger partial charge in [-0.2, -0.15) is 4.98 Å². The van der Waals surface area contributed by atoms with Crippen LogP contribution in [0.15, 0.2) is 24.3 Å². The lowest BCUT2D eigenvalue weighted by molar-refractivity contribution is 0.473. The van der Waals surface area contributed by atoms with Gasteiger partial charge in [-0.25, -0.2) is 0 Å². The van der Waals surface area contributed by atoms with E-state index in [-0.39, 0.29) is 0 Å². The first-order valence-electron chi connectivity index (χ1n) is 5.21. The average molecular weight is 288 g/mol. The zero-order valence-electron chi connectivity index (χ0n) is 9.24. The second-order valence-corrected chi connectivity index (χ2v) is 5.06. The molecule has 2 rings (SSSR count). The Labute approximate surface area is 114 Å². The summed E-state index contributed by atoms with van der Waals surface area (Å²) < 4.78 is 5.73. The summed E-state index contributed by atoms with van der Waals surface area (Å²) in [7, 11) is 0. The molecule has 0 aliphatic carbocycles. The Hall–Kier alpha value is -0.770. The molecular weight excluding hydrogens is 277 g/mol. The first-order chi connectivity index (χ1) is 8.24. The van der Waals surface area contributed by atoms with Crippen LogP contribution in [0, 0.1) is 0 Å². The van der Waals surface area contributed by atoms with E-state index in [4.69, 9.17) is 27.9 Å². The highest BCUT2D eigenvalue weighted by atomic mass is 35.5. The van der Waals surface area contributed by atoms with Gasteiger partial charge in [0.2, 0.25) is 0 Å². The minimum absolute atomic E-state index is 0.356. The Balaban J connectivity index is 2.25. The van der Waals surface area contributed by atoms with Crippen LogP contribution in [0.4, 0.5) is 0 Å². The molecule has 2 aromatic rings. The van der Waals surface area contributed by atoms with Crippen molar-refractivity contribution in [2.24, 2.45) is 0 Å². The highest BCUT2D eigenvalue weighted by molar-refractivity contribution is 7.14. The lowest BCUT2D eigenvalue weighted by Gasteiger charge is -2.06. The number of nitrogens with zero attached hydrogens (tertiary/aromatic N) is 1. The Morgan fingerprint density at radius 3 is 2.76 bits per heavy atom. The molecule has 0 aliphatic rings. The van der Waals surface area contributed by atoms with Gasteiger partial charge in [0.25, 0.3) is 5.19 Å². The number of para-hydroxylation sites is 1. The van der Waals surface area contributed by atoms with Gasteiger partial charge >= 0.3 is 0 Å². The van der Waals surface area contributed by atoms with E-state index in [1.54, 1.807) is 0 Å². The van der Waals surface area contributed by atoms with E-state index >= 15 is 0 Å². The van der Waals surface area contributed by atoms with Crippen molar-refractivity contribution in [3.8, 4) is 10.9 Å². The van der Waals surface area contributed by atoms with E-state index in [9.17, 15) is 0 Å². The van der Waals surface area contributed by atoms with Crippen molar-refractivity contribution in [1.29, 1.82) is 0 Å². The molecule has 0 saturated heterocycles. The number of halogens is 2. The molecule has 5 heteroatoms. The maximum Gasteiger partial charge on any atom is 0.280 e. The topological polar surface area (TPSA) is 22.1 Å². The summed E-state index contributed by atoms with van der Waals surface area (Å²) >= 11 is 13.0. The predicted molar refractivity (Wildman–Crippen MR) is 72.6 cm³/mol. The predicted octanol–water partition coefficient (Wildman–Crippen LogP) is 4.89. The number of ether oxygens (including phenoxy) is 1. The lowest BCUT2D eigenvalue weighted by atomic mass is 10.1. The maximum absolute atomic E-state index is 5.92.